The van der Waals surface area contributed by atoms with Crippen molar-refractivity contribution in [2.75, 3.05) is 5.88 Å². The van der Waals surface area contributed by atoms with E-state index in [1.165, 1.54) is 0 Å². The molecule has 0 spiro atoms. The van der Waals surface area contributed by atoms with Gasteiger partial charge in [0.25, 0.3) is 5.69 Å². The van der Waals surface area contributed by atoms with Crippen LogP contribution in [0.25, 0.3) is 0 Å². The summed E-state index contributed by atoms with van der Waals surface area (Å²) in [6.07, 6.45) is 1.62. The van der Waals surface area contributed by atoms with E-state index < -0.39 is 0 Å². The number of nitrogens with zero attached hydrogens (tertiary/aromatic N) is 1. The van der Waals surface area contributed by atoms with Crippen molar-refractivity contribution in [2.45, 2.75) is 12.8 Å². The number of fused-ring (bicyclic) bond motifs is 1. The van der Waals surface area contributed by atoms with Gasteiger partial charge in [0.1, 0.15) is 0 Å². The molecule has 1 aromatic rings. The third-order valence-electron chi connectivity index (χ3n) is 2.66. The number of nitro benzene ring substituents is 1. The minimum Gasteiger partial charge on any atom is -0.258 e. The summed E-state index contributed by atoms with van der Waals surface area (Å²) in [7, 11) is 0. The first-order valence-electron chi connectivity index (χ1n) is 4.53. The predicted molar refractivity (Wildman–Crippen MR) is 54.7 cm³/mol. The quantitative estimate of drug-likeness (QED) is 0.429. The third-order valence-corrected chi connectivity index (χ3v) is 3.10. The number of rotatable bonds is 2. The Morgan fingerprint density at radius 2 is 2.29 bits per heavy atom. The SMILES string of the molecule is O=[N+]([O-])c1cccc2c1C[C@H](CCl)C2. The average Bonchev–Trinajstić information content (AvgIpc) is 2.59. The fourth-order valence-corrected chi connectivity index (χ4v) is 2.22. The molecule has 74 valence electrons. The van der Waals surface area contributed by atoms with Crippen molar-refractivity contribution >= 4 is 17.3 Å². The molecule has 0 aliphatic heterocycles. The Labute approximate surface area is 86.8 Å². The second-order valence-corrected chi connectivity index (χ2v) is 3.91. The highest BCUT2D eigenvalue weighted by atomic mass is 35.5. The molecule has 0 aromatic heterocycles. The van der Waals surface area contributed by atoms with E-state index in [2.05, 4.69) is 0 Å². The Balaban J connectivity index is 2.41. The summed E-state index contributed by atoms with van der Waals surface area (Å²) in [5.74, 6) is 0.944. The van der Waals surface area contributed by atoms with Crippen LogP contribution in [-0.4, -0.2) is 10.8 Å². The van der Waals surface area contributed by atoms with Crippen LogP contribution in [0.5, 0.6) is 0 Å². The highest BCUT2D eigenvalue weighted by Gasteiger charge is 2.27. The number of nitro groups is 1. The summed E-state index contributed by atoms with van der Waals surface area (Å²) in [6, 6.07) is 5.26. The van der Waals surface area contributed by atoms with Crippen molar-refractivity contribution in [3.05, 3.63) is 39.4 Å². The standard InChI is InChI=1S/C10H10ClNO2/c11-6-7-4-8-2-1-3-10(12(13)14)9(8)5-7/h1-3,7H,4-6H2/t7-/m1/s1. The van der Waals surface area contributed by atoms with Gasteiger partial charge in [0.2, 0.25) is 0 Å². The van der Waals surface area contributed by atoms with Crippen molar-refractivity contribution in [2.24, 2.45) is 5.92 Å². The number of halogens is 1. The van der Waals surface area contributed by atoms with E-state index in [1.54, 1.807) is 12.1 Å². The molecule has 4 heteroatoms. The van der Waals surface area contributed by atoms with E-state index in [9.17, 15) is 10.1 Å². The second kappa shape index (κ2) is 3.58. The van der Waals surface area contributed by atoms with E-state index in [1.807, 2.05) is 6.07 Å². The van der Waals surface area contributed by atoms with Gasteiger partial charge >= 0.3 is 0 Å². The van der Waals surface area contributed by atoms with Crippen molar-refractivity contribution in [3.63, 3.8) is 0 Å². The van der Waals surface area contributed by atoms with Crippen LogP contribution in [0.4, 0.5) is 5.69 Å². The largest absolute Gasteiger partial charge is 0.272 e. The maximum absolute atomic E-state index is 10.7. The van der Waals surface area contributed by atoms with E-state index in [0.29, 0.717) is 11.8 Å². The Kier molecular flexibility index (Phi) is 2.42. The zero-order valence-electron chi connectivity index (χ0n) is 7.57. The molecule has 1 aliphatic rings. The van der Waals surface area contributed by atoms with E-state index in [0.717, 1.165) is 24.0 Å². The Morgan fingerprint density at radius 3 is 2.93 bits per heavy atom. The molecule has 1 aliphatic carbocycles. The minimum atomic E-state index is -0.310. The van der Waals surface area contributed by atoms with Gasteiger partial charge < -0.3 is 0 Å². The number of alkyl halides is 1. The van der Waals surface area contributed by atoms with Crippen molar-refractivity contribution in [1.29, 1.82) is 0 Å². The molecule has 0 heterocycles. The van der Waals surface area contributed by atoms with E-state index >= 15 is 0 Å². The molecule has 0 N–H and O–H groups in total. The lowest BCUT2D eigenvalue weighted by Crippen LogP contribution is -2.00. The van der Waals surface area contributed by atoms with E-state index in [4.69, 9.17) is 11.6 Å². The van der Waals surface area contributed by atoms with Crippen LogP contribution >= 0.6 is 11.6 Å². The first-order valence-corrected chi connectivity index (χ1v) is 5.07. The Hall–Kier alpha value is -1.09. The fraction of sp³-hybridized carbons (Fsp3) is 0.400. The number of hydrogen-bond acceptors (Lipinski definition) is 2. The molecule has 0 bridgehead atoms. The lowest BCUT2D eigenvalue weighted by Gasteiger charge is -2.00. The van der Waals surface area contributed by atoms with Gasteiger partial charge in [-0.05, 0) is 24.3 Å². The van der Waals surface area contributed by atoms with Gasteiger partial charge in [-0.25, -0.2) is 0 Å². The zero-order chi connectivity index (χ0) is 10.1. The fourth-order valence-electron chi connectivity index (χ4n) is 2.00. The van der Waals surface area contributed by atoms with Crippen LogP contribution < -0.4 is 0 Å². The summed E-state index contributed by atoms with van der Waals surface area (Å²) in [4.78, 5) is 10.4. The van der Waals surface area contributed by atoms with Crippen LogP contribution in [0.1, 0.15) is 11.1 Å². The third kappa shape index (κ3) is 1.48. The molecule has 0 amide bonds. The van der Waals surface area contributed by atoms with Gasteiger partial charge in [0.05, 0.1) is 4.92 Å². The molecule has 3 nitrogen and oxygen atoms in total. The van der Waals surface area contributed by atoms with Crippen LogP contribution in [0.15, 0.2) is 18.2 Å². The van der Waals surface area contributed by atoms with Crippen LogP contribution in [0.3, 0.4) is 0 Å². The van der Waals surface area contributed by atoms with Gasteiger partial charge in [-0.2, -0.15) is 0 Å². The topological polar surface area (TPSA) is 43.1 Å². The lowest BCUT2D eigenvalue weighted by atomic mass is 10.1. The summed E-state index contributed by atoms with van der Waals surface area (Å²) >= 11 is 5.76. The minimum absolute atomic E-state index is 0.245. The molecular formula is C10H10ClNO2. The van der Waals surface area contributed by atoms with Crippen LogP contribution in [0, 0.1) is 16.0 Å². The van der Waals surface area contributed by atoms with Crippen molar-refractivity contribution in [1.82, 2.24) is 0 Å². The van der Waals surface area contributed by atoms with Gasteiger partial charge in [-0.3, -0.25) is 10.1 Å². The van der Waals surface area contributed by atoms with E-state index in [-0.39, 0.29) is 10.6 Å². The molecule has 1 atom stereocenters. The second-order valence-electron chi connectivity index (χ2n) is 3.60. The molecule has 0 saturated heterocycles. The monoisotopic (exact) mass is 211 g/mol. The maximum atomic E-state index is 10.7. The highest BCUT2D eigenvalue weighted by Crippen LogP contribution is 2.33. The molecular weight excluding hydrogens is 202 g/mol. The predicted octanol–water partition coefficient (Wildman–Crippen LogP) is 2.55. The van der Waals surface area contributed by atoms with Crippen molar-refractivity contribution < 1.29 is 4.92 Å². The zero-order valence-corrected chi connectivity index (χ0v) is 8.33. The smallest absolute Gasteiger partial charge is 0.258 e. The first kappa shape index (κ1) is 9.46. The molecule has 14 heavy (non-hydrogen) atoms. The number of benzene rings is 1. The first-order chi connectivity index (χ1) is 6.72. The lowest BCUT2D eigenvalue weighted by molar-refractivity contribution is -0.385. The van der Waals surface area contributed by atoms with Gasteiger partial charge in [0.15, 0.2) is 0 Å². The normalized spacial score (nSPS) is 19.4. The summed E-state index contributed by atoms with van der Waals surface area (Å²) < 4.78 is 0. The molecule has 0 radical (unpaired) electrons. The maximum Gasteiger partial charge on any atom is 0.272 e. The summed E-state index contributed by atoms with van der Waals surface area (Å²) in [5, 5.41) is 10.7. The van der Waals surface area contributed by atoms with Crippen LogP contribution in [0.2, 0.25) is 0 Å². The van der Waals surface area contributed by atoms with Gasteiger partial charge in [-0.1, -0.05) is 12.1 Å². The Morgan fingerprint density at radius 1 is 1.50 bits per heavy atom. The van der Waals surface area contributed by atoms with Gasteiger partial charge in [-0.15, -0.1) is 11.6 Å². The Bertz CT molecular complexity index is 378. The van der Waals surface area contributed by atoms with Gasteiger partial charge in [0, 0.05) is 17.5 Å². The molecule has 0 saturated carbocycles. The average molecular weight is 212 g/mol. The molecule has 0 fully saturated rings. The molecule has 0 unspecified atom stereocenters. The highest BCUT2D eigenvalue weighted by molar-refractivity contribution is 6.18. The van der Waals surface area contributed by atoms with Crippen LogP contribution in [-0.2, 0) is 12.8 Å². The number of hydrogen-bond donors (Lipinski definition) is 0. The van der Waals surface area contributed by atoms with Crippen molar-refractivity contribution in [3.8, 4) is 0 Å². The molecule has 1 aromatic carbocycles. The summed E-state index contributed by atoms with van der Waals surface area (Å²) in [6.45, 7) is 0. The molecule has 2 rings (SSSR count). The summed E-state index contributed by atoms with van der Waals surface area (Å²) in [5.41, 5.74) is 2.21.